The van der Waals surface area contributed by atoms with E-state index >= 15 is 0 Å². The molecule has 37 heavy (non-hydrogen) atoms. The molecule has 0 aliphatic rings. The summed E-state index contributed by atoms with van der Waals surface area (Å²) < 4.78 is 19.0. The Morgan fingerprint density at radius 1 is 1.05 bits per heavy atom. The van der Waals surface area contributed by atoms with E-state index in [0.717, 1.165) is 23.2 Å². The molecule has 2 N–H and O–H groups in total. The molecule has 5 rings (SSSR count). The SMILES string of the molecule is CCC(C)c1nc2c(=O)n(Cc3cccc(OP(=O)(O)O)c3)nc(C)c2c2cc(-c3ccccc3)nn12. The van der Waals surface area contributed by atoms with Crippen molar-refractivity contribution in [3.63, 3.8) is 0 Å². The Balaban J connectivity index is 1.68. The van der Waals surface area contributed by atoms with Gasteiger partial charge < -0.3 is 4.52 Å². The molecule has 190 valence electrons. The predicted molar refractivity (Wildman–Crippen MR) is 140 cm³/mol. The fraction of sp³-hybridized carbons (Fsp3) is 0.231. The number of hydrogen-bond donors (Lipinski definition) is 2. The Morgan fingerprint density at radius 3 is 2.51 bits per heavy atom. The lowest BCUT2D eigenvalue weighted by atomic mass is 10.1. The van der Waals surface area contributed by atoms with Gasteiger partial charge in [0.05, 0.1) is 28.8 Å². The molecule has 3 heterocycles. The maximum absolute atomic E-state index is 13.6. The summed E-state index contributed by atoms with van der Waals surface area (Å²) in [6, 6.07) is 18.0. The summed E-state index contributed by atoms with van der Waals surface area (Å²) in [6.45, 7) is 6.02. The van der Waals surface area contributed by atoms with Crippen molar-refractivity contribution < 1.29 is 18.9 Å². The van der Waals surface area contributed by atoms with E-state index in [1.54, 1.807) is 12.1 Å². The molecule has 0 amide bonds. The van der Waals surface area contributed by atoms with Gasteiger partial charge in [0.1, 0.15) is 17.1 Å². The molecule has 10 nitrogen and oxygen atoms in total. The monoisotopic (exact) mass is 519 g/mol. The van der Waals surface area contributed by atoms with Crippen LogP contribution < -0.4 is 10.1 Å². The molecule has 0 bridgehead atoms. The highest BCUT2D eigenvalue weighted by Crippen LogP contribution is 2.37. The number of nitrogens with zero attached hydrogens (tertiary/aromatic N) is 5. The van der Waals surface area contributed by atoms with Crippen LogP contribution in [0.3, 0.4) is 0 Å². The van der Waals surface area contributed by atoms with Gasteiger partial charge in [-0.25, -0.2) is 18.7 Å². The minimum absolute atomic E-state index is 0.00276. The standard InChI is InChI=1S/C26H26N5O5P/c1-4-16(2)25-27-24-23(22-14-21(29-31(22)25)19-10-6-5-7-11-19)17(3)28-30(26(24)32)15-18-9-8-12-20(13-18)36-37(33,34)35/h5-14,16H,4,15H2,1-3H3,(H2,33,34,35). The number of aryl methyl sites for hydroxylation is 1. The molecule has 0 radical (unpaired) electrons. The van der Waals surface area contributed by atoms with Gasteiger partial charge in [-0.15, -0.1) is 0 Å². The summed E-state index contributed by atoms with van der Waals surface area (Å²) in [5.74, 6) is 0.750. The van der Waals surface area contributed by atoms with Gasteiger partial charge in [-0.1, -0.05) is 56.3 Å². The quantitative estimate of drug-likeness (QED) is 0.302. The molecule has 0 aliphatic heterocycles. The zero-order valence-electron chi connectivity index (χ0n) is 20.6. The van der Waals surface area contributed by atoms with E-state index in [4.69, 9.17) is 19.9 Å². The van der Waals surface area contributed by atoms with E-state index in [9.17, 15) is 9.36 Å². The first-order valence-electron chi connectivity index (χ1n) is 11.8. The topological polar surface area (TPSA) is 132 Å². The third-order valence-corrected chi connectivity index (χ3v) is 6.74. The summed E-state index contributed by atoms with van der Waals surface area (Å²) in [5, 5.41) is 10.0. The highest BCUT2D eigenvalue weighted by atomic mass is 31.2. The Kier molecular flexibility index (Phi) is 6.41. The van der Waals surface area contributed by atoms with E-state index in [-0.39, 0.29) is 23.8 Å². The largest absolute Gasteiger partial charge is 0.524 e. The summed E-state index contributed by atoms with van der Waals surface area (Å²) in [6.07, 6.45) is 0.818. The molecular weight excluding hydrogens is 493 g/mol. The van der Waals surface area contributed by atoms with E-state index in [0.29, 0.717) is 28.0 Å². The van der Waals surface area contributed by atoms with Crippen molar-refractivity contribution >= 4 is 24.2 Å². The van der Waals surface area contributed by atoms with Gasteiger partial charge in [0.15, 0.2) is 0 Å². The molecule has 0 spiro atoms. The normalized spacial score (nSPS) is 12.8. The number of aromatic nitrogens is 5. The number of phosphoric acid groups is 1. The fourth-order valence-electron chi connectivity index (χ4n) is 4.35. The molecule has 3 aromatic heterocycles. The minimum Gasteiger partial charge on any atom is -0.404 e. The molecule has 0 saturated carbocycles. The summed E-state index contributed by atoms with van der Waals surface area (Å²) in [5.41, 5.74) is 3.66. The molecule has 1 atom stereocenters. The Hall–Kier alpha value is -3.85. The van der Waals surface area contributed by atoms with Crippen LogP contribution in [0.15, 0.2) is 65.5 Å². The lowest BCUT2D eigenvalue weighted by Crippen LogP contribution is -2.26. The Labute approximate surface area is 212 Å². The molecule has 11 heteroatoms. The molecule has 0 aliphatic carbocycles. The van der Waals surface area contributed by atoms with Crippen LogP contribution in [0.25, 0.3) is 27.7 Å². The van der Waals surface area contributed by atoms with Crippen molar-refractivity contribution in [2.75, 3.05) is 0 Å². The predicted octanol–water partition coefficient (Wildman–Crippen LogP) is 4.45. The summed E-state index contributed by atoms with van der Waals surface area (Å²) in [4.78, 5) is 36.7. The van der Waals surface area contributed by atoms with Crippen LogP contribution >= 0.6 is 7.82 Å². The van der Waals surface area contributed by atoms with E-state index in [2.05, 4.69) is 23.5 Å². The molecule has 0 fully saturated rings. The summed E-state index contributed by atoms with van der Waals surface area (Å²) in [7, 11) is -4.70. The minimum atomic E-state index is -4.70. The maximum Gasteiger partial charge on any atom is 0.524 e. The average molecular weight is 519 g/mol. The van der Waals surface area contributed by atoms with Crippen LogP contribution in [0.2, 0.25) is 0 Å². The van der Waals surface area contributed by atoms with Crippen molar-refractivity contribution in [2.24, 2.45) is 0 Å². The number of fused-ring (bicyclic) bond motifs is 3. The van der Waals surface area contributed by atoms with Crippen LogP contribution in [0.4, 0.5) is 0 Å². The fourth-order valence-corrected chi connectivity index (χ4v) is 4.74. The lowest BCUT2D eigenvalue weighted by Gasteiger charge is -2.14. The average Bonchev–Trinajstić information content (AvgIpc) is 3.31. The zero-order valence-corrected chi connectivity index (χ0v) is 21.5. The summed E-state index contributed by atoms with van der Waals surface area (Å²) >= 11 is 0. The number of hydrogen-bond acceptors (Lipinski definition) is 6. The first-order valence-corrected chi connectivity index (χ1v) is 13.4. The van der Waals surface area contributed by atoms with Crippen molar-refractivity contribution in [3.8, 4) is 17.0 Å². The first kappa shape index (κ1) is 24.8. The number of benzene rings is 2. The second kappa shape index (κ2) is 9.55. The van der Waals surface area contributed by atoms with Crippen LogP contribution in [0, 0.1) is 6.92 Å². The van der Waals surface area contributed by atoms with Gasteiger partial charge in [-0.05, 0) is 37.1 Å². The van der Waals surface area contributed by atoms with Crippen molar-refractivity contribution in [1.29, 1.82) is 0 Å². The van der Waals surface area contributed by atoms with Crippen LogP contribution in [-0.2, 0) is 11.1 Å². The first-order chi connectivity index (χ1) is 17.6. The van der Waals surface area contributed by atoms with Crippen LogP contribution in [0.5, 0.6) is 5.75 Å². The van der Waals surface area contributed by atoms with Gasteiger partial charge in [0.2, 0.25) is 0 Å². The Bertz CT molecular complexity index is 1730. The molecule has 0 saturated heterocycles. The highest BCUT2D eigenvalue weighted by molar-refractivity contribution is 7.46. The molecule has 1 unspecified atom stereocenters. The highest BCUT2D eigenvalue weighted by Gasteiger charge is 2.21. The van der Waals surface area contributed by atoms with E-state index < -0.39 is 7.82 Å². The molecular formula is C26H26N5O5P. The molecule has 5 aromatic rings. The van der Waals surface area contributed by atoms with Crippen molar-refractivity contribution in [1.82, 2.24) is 24.4 Å². The van der Waals surface area contributed by atoms with Crippen LogP contribution in [-0.4, -0.2) is 34.2 Å². The van der Waals surface area contributed by atoms with Crippen molar-refractivity contribution in [3.05, 3.63) is 88.1 Å². The van der Waals surface area contributed by atoms with Gasteiger partial charge in [-0.3, -0.25) is 14.6 Å². The Morgan fingerprint density at radius 2 is 1.81 bits per heavy atom. The zero-order chi connectivity index (χ0) is 26.3. The van der Waals surface area contributed by atoms with Gasteiger partial charge in [0, 0.05) is 11.5 Å². The van der Waals surface area contributed by atoms with E-state index in [1.165, 1.54) is 16.8 Å². The third kappa shape index (κ3) is 4.91. The third-order valence-electron chi connectivity index (χ3n) is 6.29. The second-order valence-electron chi connectivity index (χ2n) is 8.97. The van der Waals surface area contributed by atoms with E-state index in [1.807, 2.05) is 47.8 Å². The maximum atomic E-state index is 13.6. The molecule has 2 aromatic carbocycles. The van der Waals surface area contributed by atoms with Gasteiger partial charge >= 0.3 is 7.82 Å². The lowest BCUT2D eigenvalue weighted by molar-refractivity contribution is 0.283. The smallest absolute Gasteiger partial charge is 0.404 e. The second-order valence-corrected chi connectivity index (χ2v) is 10.1. The number of rotatable bonds is 7. The van der Waals surface area contributed by atoms with Gasteiger partial charge in [0.25, 0.3) is 5.56 Å². The van der Waals surface area contributed by atoms with Crippen molar-refractivity contribution in [2.45, 2.75) is 39.7 Å². The number of phosphoric ester groups is 1. The van der Waals surface area contributed by atoms with Crippen LogP contribution in [0.1, 0.15) is 43.3 Å². The van der Waals surface area contributed by atoms with Gasteiger partial charge in [-0.2, -0.15) is 10.2 Å².